The van der Waals surface area contributed by atoms with E-state index in [-0.39, 0.29) is 17.1 Å². The Morgan fingerprint density at radius 3 is 2.87 bits per heavy atom. The average molecular weight is 335 g/mol. The van der Waals surface area contributed by atoms with Gasteiger partial charge in [-0.05, 0) is 37.3 Å². The zero-order chi connectivity index (χ0) is 16.8. The van der Waals surface area contributed by atoms with Crippen LogP contribution in [0.25, 0.3) is 0 Å². The van der Waals surface area contributed by atoms with E-state index in [0.717, 1.165) is 0 Å². The van der Waals surface area contributed by atoms with Crippen LogP contribution in [0.5, 0.6) is 17.2 Å². The van der Waals surface area contributed by atoms with E-state index in [1.807, 2.05) is 0 Å². The topological polar surface area (TPSA) is 91.2 Å². The number of ether oxygens (including phenoxy) is 1. The van der Waals surface area contributed by atoms with Crippen molar-refractivity contribution in [2.45, 2.75) is 6.92 Å². The number of hydrogen-bond donors (Lipinski definition) is 3. The van der Waals surface area contributed by atoms with Crippen molar-refractivity contribution in [1.29, 1.82) is 0 Å². The Bertz CT molecular complexity index is 747. The molecule has 0 aliphatic rings. The zero-order valence-corrected chi connectivity index (χ0v) is 13.0. The molecule has 0 aliphatic heterocycles. The van der Waals surface area contributed by atoms with Crippen molar-refractivity contribution in [3.05, 3.63) is 52.5 Å². The second-order valence-corrected chi connectivity index (χ2v) is 4.92. The lowest BCUT2D eigenvalue weighted by Gasteiger charge is -2.07. The summed E-state index contributed by atoms with van der Waals surface area (Å²) >= 11 is 5.78. The molecule has 0 saturated carbocycles. The van der Waals surface area contributed by atoms with Gasteiger partial charge in [-0.25, -0.2) is 5.43 Å². The van der Waals surface area contributed by atoms with E-state index in [1.165, 1.54) is 24.4 Å². The third-order valence-corrected chi connectivity index (χ3v) is 3.14. The number of carbonyl (C=O) groups excluding carboxylic acids is 1. The number of amides is 1. The van der Waals surface area contributed by atoms with E-state index < -0.39 is 5.91 Å². The second-order valence-electron chi connectivity index (χ2n) is 4.49. The minimum absolute atomic E-state index is 0.00180. The van der Waals surface area contributed by atoms with Crippen molar-refractivity contribution in [2.24, 2.45) is 5.10 Å². The van der Waals surface area contributed by atoms with Crippen LogP contribution in [0.2, 0.25) is 5.02 Å². The maximum Gasteiger partial charge on any atom is 0.275 e. The molecule has 120 valence electrons. The van der Waals surface area contributed by atoms with E-state index in [1.54, 1.807) is 25.1 Å². The molecule has 0 atom stereocenters. The Labute approximate surface area is 138 Å². The Kier molecular flexibility index (Phi) is 5.43. The molecule has 7 heteroatoms. The molecule has 0 aliphatic carbocycles. The van der Waals surface area contributed by atoms with Gasteiger partial charge in [0.2, 0.25) is 0 Å². The van der Waals surface area contributed by atoms with Gasteiger partial charge in [0.1, 0.15) is 5.75 Å². The molecule has 2 rings (SSSR count). The highest BCUT2D eigenvalue weighted by Crippen LogP contribution is 2.28. The summed E-state index contributed by atoms with van der Waals surface area (Å²) in [7, 11) is 0. The van der Waals surface area contributed by atoms with Crippen LogP contribution in [0.1, 0.15) is 22.8 Å². The first-order chi connectivity index (χ1) is 11.0. The van der Waals surface area contributed by atoms with Crippen LogP contribution in [0.3, 0.4) is 0 Å². The van der Waals surface area contributed by atoms with Crippen molar-refractivity contribution >= 4 is 23.7 Å². The highest BCUT2D eigenvalue weighted by atomic mass is 35.5. The van der Waals surface area contributed by atoms with Gasteiger partial charge in [0.25, 0.3) is 5.91 Å². The summed E-state index contributed by atoms with van der Waals surface area (Å²) in [6.07, 6.45) is 1.28. The molecule has 6 nitrogen and oxygen atoms in total. The number of carbonyl (C=O) groups is 1. The molecule has 0 bridgehead atoms. The number of phenolic OH excluding ortho intramolecular Hbond substituents is 2. The molecule has 0 radical (unpaired) electrons. The predicted molar refractivity (Wildman–Crippen MR) is 87.5 cm³/mol. The van der Waals surface area contributed by atoms with Crippen molar-refractivity contribution in [3.8, 4) is 17.2 Å². The summed E-state index contributed by atoms with van der Waals surface area (Å²) in [6, 6.07) is 9.04. The summed E-state index contributed by atoms with van der Waals surface area (Å²) in [6.45, 7) is 2.22. The van der Waals surface area contributed by atoms with Crippen molar-refractivity contribution < 1.29 is 19.7 Å². The third-order valence-electron chi connectivity index (χ3n) is 2.90. The predicted octanol–water partition coefficient (Wildman–Crippen LogP) is 2.91. The van der Waals surface area contributed by atoms with Crippen molar-refractivity contribution in [3.63, 3.8) is 0 Å². The fraction of sp³-hybridized carbons (Fsp3) is 0.125. The van der Waals surface area contributed by atoms with E-state index in [9.17, 15) is 15.0 Å². The molecule has 0 unspecified atom stereocenters. The first-order valence-electron chi connectivity index (χ1n) is 6.79. The summed E-state index contributed by atoms with van der Waals surface area (Å²) < 4.78 is 5.26. The van der Waals surface area contributed by atoms with Gasteiger partial charge in [-0.15, -0.1) is 0 Å². The van der Waals surface area contributed by atoms with Crippen LogP contribution < -0.4 is 10.2 Å². The van der Waals surface area contributed by atoms with Crippen LogP contribution in [0.4, 0.5) is 0 Å². The number of hydrazone groups is 1. The number of nitrogens with one attached hydrogen (secondary N) is 1. The molecular weight excluding hydrogens is 320 g/mol. The Balaban J connectivity index is 2.11. The maximum absolute atomic E-state index is 11.9. The van der Waals surface area contributed by atoms with Crippen LogP contribution in [0, 0.1) is 0 Å². The lowest BCUT2D eigenvalue weighted by atomic mass is 10.2. The Morgan fingerprint density at radius 2 is 2.13 bits per heavy atom. The zero-order valence-electron chi connectivity index (χ0n) is 12.3. The lowest BCUT2D eigenvalue weighted by Crippen LogP contribution is -2.17. The number of phenols is 2. The minimum atomic E-state index is -0.623. The van der Waals surface area contributed by atoms with Gasteiger partial charge in [0.05, 0.1) is 18.4 Å². The largest absolute Gasteiger partial charge is 0.507 e. The van der Waals surface area contributed by atoms with Gasteiger partial charge >= 0.3 is 0 Å². The number of halogens is 1. The van der Waals surface area contributed by atoms with Gasteiger partial charge in [0.15, 0.2) is 11.5 Å². The normalized spacial score (nSPS) is 10.7. The van der Waals surface area contributed by atoms with Crippen molar-refractivity contribution in [1.82, 2.24) is 5.43 Å². The van der Waals surface area contributed by atoms with Gasteiger partial charge in [-0.3, -0.25) is 4.79 Å². The van der Waals surface area contributed by atoms with Crippen LogP contribution in [0.15, 0.2) is 41.5 Å². The number of rotatable bonds is 5. The minimum Gasteiger partial charge on any atom is -0.507 e. The van der Waals surface area contributed by atoms with Crippen molar-refractivity contribution in [2.75, 3.05) is 6.61 Å². The SMILES string of the molecule is CCOc1cccc(/C=N/NC(=O)c2cc(Cl)ccc2O)c1O. The van der Waals surface area contributed by atoms with E-state index in [4.69, 9.17) is 16.3 Å². The summed E-state index contributed by atoms with van der Waals surface area (Å²) in [5, 5.41) is 23.7. The standard InChI is InChI=1S/C16H15ClN2O4/c1-2-23-14-5-3-4-10(15(14)21)9-18-19-16(22)12-8-11(17)6-7-13(12)20/h3-9,20-21H,2H2,1H3,(H,19,22)/b18-9+. The monoisotopic (exact) mass is 334 g/mol. The molecule has 1 amide bonds. The van der Waals surface area contributed by atoms with Crippen LogP contribution >= 0.6 is 11.6 Å². The number of nitrogens with zero attached hydrogens (tertiary/aromatic N) is 1. The highest BCUT2D eigenvalue weighted by molar-refractivity contribution is 6.31. The number of aromatic hydroxyl groups is 2. The van der Waals surface area contributed by atoms with E-state index in [0.29, 0.717) is 22.9 Å². The Morgan fingerprint density at radius 1 is 1.35 bits per heavy atom. The maximum atomic E-state index is 11.9. The lowest BCUT2D eigenvalue weighted by molar-refractivity contribution is 0.0952. The summed E-state index contributed by atoms with van der Waals surface area (Å²) in [5.74, 6) is -0.571. The van der Waals surface area contributed by atoms with Gasteiger partial charge in [0, 0.05) is 10.6 Å². The number of benzene rings is 2. The van der Waals surface area contributed by atoms with Crippen LogP contribution in [-0.2, 0) is 0 Å². The molecule has 2 aromatic carbocycles. The summed E-state index contributed by atoms with van der Waals surface area (Å²) in [5.41, 5.74) is 2.64. The first-order valence-corrected chi connectivity index (χ1v) is 7.17. The second kappa shape index (κ2) is 7.51. The molecule has 3 N–H and O–H groups in total. The number of hydrogen-bond acceptors (Lipinski definition) is 5. The van der Waals surface area contributed by atoms with E-state index >= 15 is 0 Å². The Hall–Kier alpha value is -2.73. The number of para-hydroxylation sites is 1. The summed E-state index contributed by atoms with van der Waals surface area (Å²) in [4.78, 5) is 11.9. The molecule has 0 fully saturated rings. The smallest absolute Gasteiger partial charge is 0.275 e. The van der Waals surface area contributed by atoms with Gasteiger partial charge in [-0.2, -0.15) is 5.10 Å². The fourth-order valence-electron chi connectivity index (χ4n) is 1.83. The van der Waals surface area contributed by atoms with E-state index in [2.05, 4.69) is 10.5 Å². The van der Waals surface area contributed by atoms with Gasteiger partial charge < -0.3 is 14.9 Å². The van der Waals surface area contributed by atoms with Gasteiger partial charge in [-0.1, -0.05) is 17.7 Å². The molecule has 0 saturated heterocycles. The first kappa shape index (κ1) is 16.6. The quantitative estimate of drug-likeness (QED) is 0.579. The molecular formula is C16H15ClN2O4. The highest BCUT2D eigenvalue weighted by Gasteiger charge is 2.11. The molecule has 0 spiro atoms. The molecule has 0 heterocycles. The third kappa shape index (κ3) is 4.14. The molecule has 23 heavy (non-hydrogen) atoms. The average Bonchev–Trinajstić information content (AvgIpc) is 2.53. The molecule has 0 aromatic heterocycles. The molecule has 2 aromatic rings. The fourth-order valence-corrected chi connectivity index (χ4v) is 2.00. The van der Waals surface area contributed by atoms with Crippen LogP contribution in [-0.4, -0.2) is 28.9 Å².